The number of anilines is 1. The number of fused-ring (bicyclic) bond motifs is 1. The number of ether oxygens (including phenoxy) is 1. The van der Waals surface area contributed by atoms with Gasteiger partial charge in [0.05, 0.1) is 11.3 Å². The summed E-state index contributed by atoms with van der Waals surface area (Å²) in [5.41, 5.74) is 4.50. The molecule has 0 spiro atoms. The standard InChI is InChI=1S/C25H31N5O3/c1-16(2)19-14-20(23(32)15-22(19)31)24-27-28-25(33-12-11-29-9-3-4-10-29)30(24)18-5-6-21-17(13-18)7-8-26-21/h5-6,13-16,26,31-32H,3-4,7-12H2,1-2H3. The lowest BCUT2D eigenvalue weighted by atomic mass is 9.98. The van der Waals surface area contributed by atoms with Crippen molar-refractivity contribution in [3.8, 4) is 34.6 Å². The lowest BCUT2D eigenvalue weighted by molar-refractivity contribution is 0.222. The topological polar surface area (TPSA) is 95.7 Å². The van der Waals surface area contributed by atoms with Crippen LogP contribution in [0.5, 0.6) is 17.5 Å². The highest BCUT2D eigenvalue weighted by atomic mass is 16.5. The van der Waals surface area contributed by atoms with Crippen LogP contribution in [0.15, 0.2) is 30.3 Å². The molecule has 0 saturated carbocycles. The Morgan fingerprint density at radius 2 is 1.88 bits per heavy atom. The fourth-order valence-corrected chi connectivity index (χ4v) is 4.71. The maximum absolute atomic E-state index is 10.7. The minimum atomic E-state index is -0.0445. The Kier molecular flexibility index (Phi) is 5.85. The first-order valence-electron chi connectivity index (χ1n) is 11.7. The molecule has 2 aromatic carbocycles. The minimum absolute atomic E-state index is 0.0445. The quantitative estimate of drug-likeness (QED) is 0.503. The molecule has 0 radical (unpaired) electrons. The Morgan fingerprint density at radius 1 is 1.06 bits per heavy atom. The first-order chi connectivity index (χ1) is 16.0. The normalized spacial score (nSPS) is 15.7. The van der Waals surface area contributed by atoms with Crippen molar-refractivity contribution >= 4 is 5.69 Å². The number of aromatic nitrogens is 3. The molecule has 3 aromatic rings. The summed E-state index contributed by atoms with van der Waals surface area (Å²) in [7, 11) is 0. The highest BCUT2D eigenvalue weighted by Crippen LogP contribution is 2.39. The molecule has 1 fully saturated rings. The van der Waals surface area contributed by atoms with Gasteiger partial charge in [0, 0.05) is 24.8 Å². The van der Waals surface area contributed by atoms with Crippen LogP contribution >= 0.6 is 0 Å². The van der Waals surface area contributed by atoms with Gasteiger partial charge in [-0.15, -0.1) is 5.10 Å². The molecule has 0 atom stereocenters. The highest BCUT2D eigenvalue weighted by Gasteiger charge is 2.23. The fraction of sp³-hybridized carbons (Fsp3) is 0.440. The summed E-state index contributed by atoms with van der Waals surface area (Å²) in [6.45, 7) is 8.50. The molecule has 0 amide bonds. The second kappa shape index (κ2) is 8.94. The van der Waals surface area contributed by atoms with Crippen LogP contribution in [0.3, 0.4) is 0 Å². The maximum Gasteiger partial charge on any atom is 0.322 e. The first-order valence-corrected chi connectivity index (χ1v) is 11.7. The molecule has 2 aliphatic heterocycles. The zero-order valence-electron chi connectivity index (χ0n) is 19.2. The van der Waals surface area contributed by atoms with Crippen LogP contribution in [0.4, 0.5) is 5.69 Å². The van der Waals surface area contributed by atoms with Crippen LogP contribution in [0.25, 0.3) is 17.1 Å². The summed E-state index contributed by atoms with van der Waals surface area (Å²) in [5.74, 6) is 0.597. The van der Waals surface area contributed by atoms with Crippen molar-refractivity contribution in [3.63, 3.8) is 0 Å². The molecule has 33 heavy (non-hydrogen) atoms. The number of nitrogens with zero attached hydrogens (tertiary/aromatic N) is 4. The van der Waals surface area contributed by atoms with E-state index in [2.05, 4.69) is 32.5 Å². The molecular weight excluding hydrogens is 418 g/mol. The van der Waals surface area contributed by atoms with Crippen molar-refractivity contribution in [1.29, 1.82) is 0 Å². The largest absolute Gasteiger partial charge is 0.508 e. The maximum atomic E-state index is 10.7. The molecule has 3 N–H and O–H groups in total. The lowest BCUT2D eigenvalue weighted by Crippen LogP contribution is -2.25. The average molecular weight is 450 g/mol. The predicted molar refractivity (Wildman–Crippen MR) is 128 cm³/mol. The Labute approximate surface area is 193 Å². The van der Waals surface area contributed by atoms with Crippen LogP contribution in [-0.2, 0) is 6.42 Å². The molecule has 8 heteroatoms. The van der Waals surface area contributed by atoms with E-state index < -0.39 is 0 Å². The number of hydrogen-bond donors (Lipinski definition) is 3. The van der Waals surface area contributed by atoms with Gasteiger partial charge in [0.25, 0.3) is 0 Å². The molecular formula is C25H31N5O3. The van der Waals surface area contributed by atoms with Gasteiger partial charge in [-0.3, -0.25) is 4.90 Å². The van der Waals surface area contributed by atoms with Gasteiger partial charge in [-0.1, -0.05) is 18.9 Å². The number of rotatable bonds is 7. The van der Waals surface area contributed by atoms with E-state index in [0.29, 0.717) is 24.0 Å². The third-order valence-electron chi connectivity index (χ3n) is 6.54. The van der Waals surface area contributed by atoms with E-state index in [0.717, 1.165) is 49.5 Å². The molecule has 1 saturated heterocycles. The molecule has 174 valence electrons. The average Bonchev–Trinajstić information content (AvgIpc) is 3.54. The van der Waals surface area contributed by atoms with E-state index >= 15 is 0 Å². The second-order valence-electron chi connectivity index (χ2n) is 9.14. The number of hydrogen-bond acceptors (Lipinski definition) is 7. The smallest absolute Gasteiger partial charge is 0.322 e. The first kappa shape index (κ1) is 21.6. The molecule has 0 unspecified atom stereocenters. The SMILES string of the molecule is CC(C)c1cc(-c2nnc(OCCN3CCCC3)n2-c2ccc3c(c2)CCN3)c(O)cc1O. The van der Waals surface area contributed by atoms with Gasteiger partial charge in [-0.2, -0.15) is 0 Å². The van der Waals surface area contributed by atoms with Gasteiger partial charge in [0.15, 0.2) is 5.82 Å². The van der Waals surface area contributed by atoms with Gasteiger partial charge in [0.2, 0.25) is 0 Å². The van der Waals surface area contributed by atoms with Crippen molar-refractivity contribution in [1.82, 2.24) is 19.7 Å². The Morgan fingerprint density at radius 3 is 2.67 bits per heavy atom. The van der Waals surface area contributed by atoms with Crippen LogP contribution in [-0.4, -0.2) is 62.7 Å². The van der Waals surface area contributed by atoms with Gasteiger partial charge in [-0.25, -0.2) is 4.57 Å². The summed E-state index contributed by atoms with van der Waals surface area (Å²) in [4.78, 5) is 2.39. The number of likely N-dealkylation sites (tertiary alicyclic amines) is 1. The fourth-order valence-electron chi connectivity index (χ4n) is 4.71. The van der Waals surface area contributed by atoms with Crippen LogP contribution in [0.2, 0.25) is 0 Å². The molecule has 5 rings (SSSR count). The van der Waals surface area contributed by atoms with Crippen molar-refractivity contribution in [3.05, 3.63) is 41.5 Å². The van der Waals surface area contributed by atoms with Gasteiger partial charge in [0.1, 0.15) is 18.1 Å². The van der Waals surface area contributed by atoms with E-state index in [1.54, 1.807) is 6.07 Å². The summed E-state index contributed by atoms with van der Waals surface area (Å²) < 4.78 is 7.98. The molecule has 8 nitrogen and oxygen atoms in total. The molecule has 0 bridgehead atoms. The van der Waals surface area contributed by atoms with Crippen molar-refractivity contribution in [2.45, 2.75) is 39.0 Å². The van der Waals surface area contributed by atoms with Gasteiger partial charge >= 0.3 is 6.01 Å². The minimum Gasteiger partial charge on any atom is -0.508 e. The third-order valence-corrected chi connectivity index (χ3v) is 6.54. The molecule has 2 aliphatic rings. The number of aromatic hydroxyl groups is 2. The zero-order chi connectivity index (χ0) is 22.9. The van der Waals surface area contributed by atoms with Gasteiger partial charge < -0.3 is 20.3 Å². The van der Waals surface area contributed by atoms with Gasteiger partial charge in [-0.05, 0) is 73.7 Å². The Balaban J connectivity index is 1.55. The van der Waals surface area contributed by atoms with E-state index in [-0.39, 0.29) is 17.4 Å². The number of phenolic OH excluding ortho intramolecular Hbond substituents is 2. The highest BCUT2D eigenvalue weighted by molar-refractivity contribution is 5.70. The summed E-state index contributed by atoms with van der Waals surface area (Å²) in [6, 6.07) is 9.76. The number of phenols is 2. The van der Waals surface area contributed by atoms with Crippen LogP contribution in [0, 0.1) is 0 Å². The second-order valence-corrected chi connectivity index (χ2v) is 9.14. The van der Waals surface area contributed by atoms with Crippen LogP contribution in [0.1, 0.15) is 43.7 Å². The van der Waals surface area contributed by atoms with Crippen molar-refractivity contribution < 1.29 is 14.9 Å². The molecule has 0 aliphatic carbocycles. The summed E-state index contributed by atoms with van der Waals surface area (Å²) >= 11 is 0. The number of benzene rings is 2. The molecule has 3 heterocycles. The lowest BCUT2D eigenvalue weighted by Gasteiger charge is -2.17. The predicted octanol–water partition coefficient (Wildman–Crippen LogP) is 3.91. The third kappa shape index (κ3) is 4.23. The van der Waals surface area contributed by atoms with Crippen molar-refractivity contribution in [2.24, 2.45) is 0 Å². The zero-order valence-corrected chi connectivity index (χ0v) is 19.2. The Bertz CT molecular complexity index is 1150. The summed E-state index contributed by atoms with van der Waals surface area (Å²) in [5, 5.41) is 33.2. The van der Waals surface area contributed by atoms with Crippen LogP contribution < -0.4 is 10.1 Å². The molecule has 1 aromatic heterocycles. The van der Waals surface area contributed by atoms with E-state index in [1.807, 2.05) is 24.5 Å². The Hall–Kier alpha value is -3.26. The van der Waals surface area contributed by atoms with E-state index in [9.17, 15) is 10.2 Å². The monoisotopic (exact) mass is 449 g/mol. The van der Waals surface area contributed by atoms with E-state index in [4.69, 9.17) is 4.74 Å². The number of nitrogens with one attached hydrogen (secondary N) is 1. The summed E-state index contributed by atoms with van der Waals surface area (Å²) in [6.07, 6.45) is 3.43. The van der Waals surface area contributed by atoms with Crippen molar-refractivity contribution in [2.75, 3.05) is 38.1 Å². The van der Waals surface area contributed by atoms with E-state index in [1.165, 1.54) is 24.5 Å².